The molecule has 0 saturated heterocycles. The van der Waals surface area contributed by atoms with E-state index in [0.29, 0.717) is 27.6 Å². The van der Waals surface area contributed by atoms with Crippen molar-refractivity contribution in [3.8, 4) is 28.5 Å². The lowest BCUT2D eigenvalue weighted by atomic mass is 10.0. The third-order valence-corrected chi connectivity index (χ3v) is 7.21. The summed E-state index contributed by atoms with van der Waals surface area (Å²) in [6.45, 7) is 0. The number of amides is 1. The van der Waals surface area contributed by atoms with Gasteiger partial charge in [0.15, 0.2) is 5.13 Å². The molecule has 4 aromatic rings. The predicted octanol–water partition coefficient (Wildman–Crippen LogP) is 5.00. The quantitative estimate of drug-likeness (QED) is 0.412. The molecular weight excluding hydrogens is 468 g/mol. The largest absolute Gasteiger partial charge is 0.298 e. The monoisotopic (exact) mass is 488 g/mol. The van der Waals surface area contributed by atoms with Crippen LogP contribution in [-0.2, 0) is 10.0 Å². The number of benzene rings is 3. The molecule has 0 saturated carbocycles. The summed E-state index contributed by atoms with van der Waals surface area (Å²) in [5, 5.41) is 14.0. The van der Waals surface area contributed by atoms with Crippen LogP contribution in [0.2, 0.25) is 0 Å². The van der Waals surface area contributed by atoms with Gasteiger partial charge in [0.2, 0.25) is 10.0 Å². The number of thiazole rings is 1. The van der Waals surface area contributed by atoms with E-state index in [2.05, 4.69) is 16.4 Å². The van der Waals surface area contributed by atoms with Gasteiger partial charge in [-0.05, 0) is 47.5 Å². The Balaban J connectivity index is 1.43. The smallest absolute Gasteiger partial charge is 0.257 e. The first-order valence-electron chi connectivity index (χ1n) is 10.2. The van der Waals surface area contributed by atoms with Crippen molar-refractivity contribution >= 4 is 38.1 Å². The number of nitrogens with one attached hydrogen (secondary N) is 1. The molecule has 3 aromatic carbocycles. The minimum absolute atomic E-state index is 0.266. The third kappa shape index (κ3) is 5.14. The van der Waals surface area contributed by atoms with E-state index in [4.69, 9.17) is 5.26 Å². The standard InChI is InChI=1S/C25H20N4O3S2/c1-29(34(2,31)32)22-13-11-20(12-14-22)23-16-33-25(27-23)28-24(30)21-9-7-19(8-10-21)18-5-3-17(15-26)4-6-18/h3-14,16H,1-2H3,(H,27,28,30). The summed E-state index contributed by atoms with van der Waals surface area (Å²) in [6, 6.07) is 23.6. The molecule has 34 heavy (non-hydrogen) atoms. The van der Waals surface area contributed by atoms with E-state index in [1.807, 2.05) is 29.6 Å². The highest BCUT2D eigenvalue weighted by molar-refractivity contribution is 7.92. The van der Waals surface area contributed by atoms with Gasteiger partial charge in [-0.25, -0.2) is 13.4 Å². The first kappa shape index (κ1) is 23.2. The Kier molecular flexibility index (Phi) is 6.45. The fourth-order valence-corrected chi connectivity index (χ4v) is 4.44. The van der Waals surface area contributed by atoms with E-state index in [0.717, 1.165) is 22.9 Å². The van der Waals surface area contributed by atoms with Crippen LogP contribution in [0.1, 0.15) is 15.9 Å². The molecule has 1 aromatic heterocycles. The Hall–Kier alpha value is -4.00. The number of carbonyl (C=O) groups is 1. The molecule has 0 aliphatic carbocycles. The van der Waals surface area contributed by atoms with Gasteiger partial charge in [-0.15, -0.1) is 11.3 Å². The Morgan fingerprint density at radius 1 is 0.941 bits per heavy atom. The maximum atomic E-state index is 12.7. The summed E-state index contributed by atoms with van der Waals surface area (Å²) >= 11 is 1.31. The molecule has 0 aliphatic heterocycles. The number of rotatable bonds is 6. The number of sulfonamides is 1. The Labute approximate surface area is 202 Å². The predicted molar refractivity (Wildman–Crippen MR) is 135 cm³/mol. The Morgan fingerprint density at radius 2 is 1.50 bits per heavy atom. The lowest BCUT2D eigenvalue weighted by molar-refractivity contribution is 0.102. The van der Waals surface area contributed by atoms with Crippen molar-refractivity contribution in [2.45, 2.75) is 0 Å². The number of nitrogens with zero attached hydrogens (tertiary/aromatic N) is 3. The van der Waals surface area contributed by atoms with Gasteiger partial charge in [0.05, 0.1) is 29.3 Å². The molecule has 4 rings (SSSR count). The van der Waals surface area contributed by atoms with E-state index in [-0.39, 0.29) is 5.91 Å². The molecule has 0 bridgehead atoms. The van der Waals surface area contributed by atoms with Crippen LogP contribution in [0.25, 0.3) is 22.4 Å². The second-order valence-corrected chi connectivity index (χ2v) is 10.4. The zero-order valence-electron chi connectivity index (χ0n) is 18.4. The molecule has 0 fully saturated rings. The van der Waals surface area contributed by atoms with Crippen LogP contribution in [0.15, 0.2) is 78.2 Å². The molecule has 0 radical (unpaired) electrons. The van der Waals surface area contributed by atoms with E-state index in [1.54, 1.807) is 48.5 Å². The number of nitriles is 1. The van der Waals surface area contributed by atoms with Gasteiger partial charge in [0, 0.05) is 23.6 Å². The topological polar surface area (TPSA) is 103 Å². The summed E-state index contributed by atoms with van der Waals surface area (Å²) in [6.07, 6.45) is 1.15. The highest BCUT2D eigenvalue weighted by Crippen LogP contribution is 2.28. The SMILES string of the molecule is CN(c1ccc(-c2csc(NC(=O)c3ccc(-c4ccc(C#N)cc4)cc3)n2)cc1)S(C)(=O)=O. The van der Waals surface area contributed by atoms with Gasteiger partial charge in [0.25, 0.3) is 5.91 Å². The van der Waals surface area contributed by atoms with Gasteiger partial charge < -0.3 is 0 Å². The summed E-state index contributed by atoms with van der Waals surface area (Å²) < 4.78 is 24.6. The van der Waals surface area contributed by atoms with Gasteiger partial charge in [-0.2, -0.15) is 5.26 Å². The molecule has 7 nitrogen and oxygen atoms in total. The maximum Gasteiger partial charge on any atom is 0.257 e. The third-order valence-electron chi connectivity index (χ3n) is 5.24. The zero-order valence-corrected chi connectivity index (χ0v) is 20.0. The van der Waals surface area contributed by atoms with Crippen molar-refractivity contribution in [2.24, 2.45) is 0 Å². The molecule has 0 unspecified atom stereocenters. The first-order chi connectivity index (χ1) is 16.2. The van der Waals surface area contributed by atoms with Crippen LogP contribution in [0, 0.1) is 11.3 Å². The molecular formula is C25H20N4O3S2. The van der Waals surface area contributed by atoms with E-state index in [9.17, 15) is 13.2 Å². The average molecular weight is 489 g/mol. The molecule has 9 heteroatoms. The van der Waals surface area contributed by atoms with Crippen LogP contribution in [0.5, 0.6) is 0 Å². The fraction of sp³-hybridized carbons (Fsp3) is 0.0800. The molecule has 1 amide bonds. The minimum atomic E-state index is -3.33. The van der Waals surface area contributed by atoms with Crippen LogP contribution in [-0.4, -0.2) is 32.6 Å². The second-order valence-electron chi connectivity index (χ2n) is 7.54. The zero-order chi connectivity index (χ0) is 24.3. The highest BCUT2D eigenvalue weighted by atomic mass is 32.2. The van der Waals surface area contributed by atoms with Crippen molar-refractivity contribution < 1.29 is 13.2 Å². The van der Waals surface area contributed by atoms with Gasteiger partial charge in [0.1, 0.15) is 0 Å². The van der Waals surface area contributed by atoms with Crippen molar-refractivity contribution in [1.29, 1.82) is 5.26 Å². The number of hydrogen-bond acceptors (Lipinski definition) is 6. The molecule has 1 heterocycles. The van der Waals surface area contributed by atoms with Crippen LogP contribution in [0.3, 0.4) is 0 Å². The number of carbonyl (C=O) groups excluding carboxylic acids is 1. The number of anilines is 2. The summed E-state index contributed by atoms with van der Waals surface area (Å²) in [5.74, 6) is -0.266. The van der Waals surface area contributed by atoms with Crippen molar-refractivity contribution in [1.82, 2.24) is 4.98 Å². The molecule has 0 aliphatic rings. The van der Waals surface area contributed by atoms with Crippen LogP contribution in [0.4, 0.5) is 10.8 Å². The second kappa shape index (κ2) is 9.47. The lowest BCUT2D eigenvalue weighted by Crippen LogP contribution is -2.24. The van der Waals surface area contributed by atoms with Crippen molar-refractivity contribution in [3.05, 3.63) is 89.3 Å². The normalized spacial score (nSPS) is 11.0. The van der Waals surface area contributed by atoms with E-state index < -0.39 is 10.0 Å². The molecule has 1 N–H and O–H groups in total. The average Bonchev–Trinajstić information content (AvgIpc) is 3.31. The van der Waals surface area contributed by atoms with E-state index >= 15 is 0 Å². The van der Waals surface area contributed by atoms with Crippen LogP contribution >= 0.6 is 11.3 Å². The summed E-state index contributed by atoms with van der Waals surface area (Å²) in [7, 11) is -1.83. The summed E-state index contributed by atoms with van der Waals surface area (Å²) in [5.41, 5.74) is 5.06. The molecule has 0 atom stereocenters. The fourth-order valence-electron chi connectivity index (χ4n) is 3.22. The highest BCUT2D eigenvalue weighted by Gasteiger charge is 2.13. The molecule has 170 valence electrons. The number of aromatic nitrogens is 1. The molecule has 0 spiro atoms. The Bertz CT molecular complexity index is 1470. The summed E-state index contributed by atoms with van der Waals surface area (Å²) in [4.78, 5) is 17.1. The van der Waals surface area contributed by atoms with Crippen LogP contribution < -0.4 is 9.62 Å². The van der Waals surface area contributed by atoms with Gasteiger partial charge in [-0.3, -0.25) is 14.4 Å². The minimum Gasteiger partial charge on any atom is -0.298 e. The van der Waals surface area contributed by atoms with Gasteiger partial charge >= 0.3 is 0 Å². The van der Waals surface area contributed by atoms with Crippen molar-refractivity contribution in [2.75, 3.05) is 22.9 Å². The van der Waals surface area contributed by atoms with E-state index in [1.165, 1.54) is 22.7 Å². The maximum absolute atomic E-state index is 12.7. The lowest BCUT2D eigenvalue weighted by Gasteiger charge is -2.16. The number of hydrogen-bond donors (Lipinski definition) is 1. The first-order valence-corrected chi connectivity index (χ1v) is 12.9. The van der Waals surface area contributed by atoms with Crippen molar-refractivity contribution in [3.63, 3.8) is 0 Å². The van der Waals surface area contributed by atoms with Gasteiger partial charge in [-0.1, -0.05) is 36.4 Å². The Morgan fingerprint density at radius 3 is 2.06 bits per heavy atom.